The van der Waals surface area contributed by atoms with E-state index in [0.29, 0.717) is 17.2 Å². The van der Waals surface area contributed by atoms with Gasteiger partial charge in [0, 0.05) is 23.5 Å². The van der Waals surface area contributed by atoms with E-state index in [9.17, 15) is 4.79 Å². The van der Waals surface area contributed by atoms with E-state index < -0.39 is 0 Å². The maximum absolute atomic E-state index is 12.5. The summed E-state index contributed by atoms with van der Waals surface area (Å²) < 4.78 is 0. The molecule has 3 heterocycles. The Morgan fingerprint density at radius 2 is 1.96 bits per heavy atom. The Bertz CT molecular complexity index is 906. The van der Waals surface area contributed by atoms with E-state index in [1.165, 1.54) is 11.1 Å². The van der Waals surface area contributed by atoms with Crippen LogP contribution in [0.3, 0.4) is 0 Å². The molecule has 0 bridgehead atoms. The minimum absolute atomic E-state index is 0.209. The first-order chi connectivity index (χ1) is 13.5. The Labute approximate surface area is 165 Å². The van der Waals surface area contributed by atoms with Gasteiger partial charge in [0.15, 0.2) is 0 Å². The number of aromatic nitrogens is 3. The van der Waals surface area contributed by atoms with Crippen molar-refractivity contribution in [3.05, 3.63) is 52.1 Å². The molecule has 0 aliphatic carbocycles. The Morgan fingerprint density at radius 1 is 1.21 bits per heavy atom. The molecule has 7 heteroatoms. The SMILES string of the molecule is CCN(CC)Cc1c(C)[nH]c(/C=C2/C(=O)NN=C2c2ccnnc2)c1C(C)C. The fourth-order valence-corrected chi connectivity index (χ4v) is 3.62. The summed E-state index contributed by atoms with van der Waals surface area (Å²) in [6, 6.07) is 1.80. The molecule has 1 amide bonds. The normalized spacial score (nSPS) is 15.6. The topological polar surface area (TPSA) is 86.3 Å². The van der Waals surface area contributed by atoms with Gasteiger partial charge in [-0.1, -0.05) is 27.7 Å². The second-order valence-electron chi connectivity index (χ2n) is 7.26. The van der Waals surface area contributed by atoms with Gasteiger partial charge in [-0.05, 0) is 49.2 Å². The molecule has 2 aromatic rings. The number of aryl methyl sites for hydroxylation is 1. The molecule has 3 rings (SSSR count). The van der Waals surface area contributed by atoms with Gasteiger partial charge in [-0.2, -0.15) is 15.3 Å². The summed E-state index contributed by atoms with van der Waals surface area (Å²) in [6.45, 7) is 13.7. The smallest absolute Gasteiger partial charge is 0.273 e. The van der Waals surface area contributed by atoms with E-state index in [1.807, 2.05) is 6.08 Å². The summed E-state index contributed by atoms with van der Waals surface area (Å²) in [6.07, 6.45) is 5.12. The van der Waals surface area contributed by atoms with E-state index in [1.54, 1.807) is 18.5 Å². The molecule has 7 nitrogen and oxygen atoms in total. The van der Waals surface area contributed by atoms with E-state index in [4.69, 9.17) is 0 Å². The molecule has 1 aliphatic heterocycles. The number of carbonyl (C=O) groups excluding carboxylic acids is 1. The van der Waals surface area contributed by atoms with Gasteiger partial charge in [-0.15, -0.1) is 0 Å². The van der Waals surface area contributed by atoms with Crippen LogP contribution in [-0.4, -0.2) is 44.8 Å². The molecular formula is C21H28N6O. The lowest BCUT2D eigenvalue weighted by molar-refractivity contribution is -0.116. The van der Waals surface area contributed by atoms with Crippen molar-refractivity contribution in [1.29, 1.82) is 0 Å². The first kappa shape index (κ1) is 19.9. The van der Waals surface area contributed by atoms with Crippen LogP contribution in [0.4, 0.5) is 0 Å². The lowest BCUT2D eigenvalue weighted by atomic mass is 9.95. The minimum atomic E-state index is -0.209. The Kier molecular flexibility index (Phi) is 6.04. The average molecular weight is 380 g/mol. The van der Waals surface area contributed by atoms with Gasteiger partial charge in [-0.3, -0.25) is 9.69 Å². The summed E-state index contributed by atoms with van der Waals surface area (Å²) >= 11 is 0. The molecule has 1 aliphatic rings. The number of carbonyl (C=O) groups is 1. The summed E-state index contributed by atoms with van der Waals surface area (Å²) in [7, 11) is 0. The fraction of sp³-hybridized carbons (Fsp3) is 0.429. The van der Waals surface area contributed by atoms with E-state index in [2.05, 4.69) is 65.2 Å². The van der Waals surface area contributed by atoms with E-state index >= 15 is 0 Å². The lowest BCUT2D eigenvalue weighted by Crippen LogP contribution is -2.23. The summed E-state index contributed by atoms with van der Waals surface area (Å²) in [5.41, 5.74) is 9.13. The van der Waals surface area contributed by atoms with Crippen LogP contribution in [0.2, 0.25) is 0 Å². The number of nitrogens with one attached hydrogen (secondary N) is 2. The zero-order valence-electron chi connectivity index (χ0n) is 17.2. The van der Waals surface area contributed by atoms with E-state index in [0.717, 1.165) is 36.6 Å². The van der Waals surface area contributed by atoms with Crippen molar-refractivity contribution in [2.24, 2.45) is 5.10 Å². The quantitative estimate of drug-likeness (QED) is 0.723. The predicted molar refractivity (Wildman–Crippen MR) is 111 cm³/mol. The first-order valence-corrected chi connectivity index (χ1v) is 9.77. The average Bonchev–Trinajstić information content (AvgIpc) is 3.20. The number of aromatic amines is 1. The first-order valence-electron chi connectivity index (χ1n) is 9.77. The Hall–Kier alpha value is -2.80. The van der Waals surface area contributed by atoms with Crippen molar-refractivity contribution < 1.29 is 4.79 Å². The molecule has 0 spiro atoms. The van der Waals surface area contributed by atoms with Crippen molar-refractivity contribution in [2.75, 3.05) is 13.1 Å². The molecule has 0 fully saturated rings. The summed E-state index contributed by atoms with van der Waals surface area (Å²) in [5, 5.41) is 11.9. The van der Waals surface area contributed by atoms with Crippen LogP contribution < -0.4 is 5.43 Å². The number of H-pyrrole nitrogens is 1. The molecule has 2 aromatic heterocycles. The maximum Gasteiger partial charge on any atom is 0.273 e. The molecule has 0 radical (unpaired) electrons. The minimum Gasteiger partial charge on any atom is -0.359 e. The molecule has 0 saturated heterocycles. The monoisotopic (exact) mass is 380 g/mol. The summed E-state index contributed by atoms with van der Waals surface area (Å²) in [5.74, 6) is 0.119. The predicted octanol–water partition coefficient (Wildman–Crippen LogP) is 3.00. The van der Waals surface area contributed by atoms with Crippen molar-refractivity contribution in [3.8, 4) is 0 Å². The highest BCUT2D eigenvalue weighted by Crippen LogP contribution is 2.30. The molecule has 0 atom stereocenters. The third-order valence-corrected chi connectivity index (χ3v) is 5.16. The van der Waals surface area contributed by atoms with Gasteiger partial charge in [-0.25, -0.2) is 5.43 Å². The van der Waals surface area contributed by atoms with Crippen molar-refractivity contribution in [3.63, 3.8) is 0 Å². The molecule has 0 aromatic carbocycles. The van der Waals surface area contributed by atoms with Gasteiger partial charge in [0.25, 0.3) is 5.91 Å². The second-order valence-corrected chi connectivity index (χ2v) is 7.26. The van der Waals surface area contributed by atoms with Crippen molar-refractivity contribution in [1.82, 2.24) is 25.5 Å². The Balaban J connectivity index is 2.05. The van der Waals surface area contributed by atoms with Gasteiger partial charge >= 0.3 is 0 Å². The maximum atomic E-state index is 12.5. The zero-order valence-corrected chi connectivity index (χ0v) is 17.2. The standard InChI is InChI=1S/C21H28N6O/c1-6-27(7-2)12-17-14(5)24-18(19(17)13(3)4)10-16-20(25-26-21(16)28)15-8-9-22-23-11-15/h8-11,13,24H,6-7,12H2,1-5H3,(H,26,28)/b16-10+. The summed E-state index contributed by atoms with van der Waals surface area (Å²) in [4.78, 5) is 18.4. The van der Waals surface area contributed by atoms with Crippen molar-refractivity contribution in [2.45, 2.75) is 47.1 Å². The molecule has 28 heavy (non-hydrogen) atoms. The number of hydrazone groups is 1. The Morgan fingerprint density at radius 3 is 2.57 bits per heavy atom. The third kappa shape index (κ3) is 3.89. The second kappa shape index (κ2) is 8.48. The lowest BCUT2D eigenvalue weighted by Gasteiger charge is -2.20. The van der Waals surface area contributed by atoms with Crippen LogP contribution in [-0.2, 0) is 11.3 Å². The molecule has 0 unspecified atom stereocenters. The van der Waals surface area contributed by atoms with Crippen LogP contribution in [0, 0.1) is 6.92 Å². The highest BCUT2D eigenvalue weighted by molar-refractivity contribution is 6.33. The van der Waals surface area contributed by atoms with Crippen LogP contribution in [0.5, 0.6) is 0 Å². The third-order valence-electron chi connectivity index (χ3n) is 5.16. The largest absolute Gasteiger partial charge is 0.359 e. The number of hydrogen-bond donors (Lipinski definition) is 2. The van der Waals surface area contributed by atoms with E-state index in [-0.39, 0.29) is 5.91 Å². The number of nitrogens with zero attached hydrogens (tertiary/aromatic N) is 4. The molecule has 0 saturated carbocycles. The van der Waals surface area contributed by atoms with Gasteiger partial charge in [0.05, 0.1) is 18.0 Å². The van der Waals surface area contributed by atoms with Crippen LogP contribution in [0.1, 0.15) is 61.7 Å². The van der Waals surface area contributed by atoms with Gasteiger partial charge < -0.3 is 4.98 Å². The highest BCUT2D eigenvalue weighted by Gasteiger charge is 2.26. The van der Waals surface area contributed by atoms with Crippen LogP contribution >= 0.6 is 0 Å². The number of rotatable bonds is 7. The van der Waals surface area contributed by atoms with Crippen molar-refractivity contribution >= 4 is 17.7 Å². The fourth-order valence-electron chi connectivity index (χ4n) is 3.62. The van der Waals surface area contributed by atoms with Crippen LogP contribution in [0.25, 0.3) is 6.08 Å². The molecular weight excluding hydrogens is 352 g/mol. The van der Waals surface area contributed by atoms with Gasteiger partial charge in [0.1, 0.15) is 5.71 Å². The van der Waals surface area contributed by atoms with Gasteiger partial charge in [0.2, 0.25) is 0 Å². The highest BCUT2D eigenvalue weighted by atomic mass is 16.2. The number of amides is 1. The zero-order chi connectivity index (χ0) is 20.3. The molecule has 148 valence electrons. The van der Waals surface area contributed by atoms with Crippen LogP contribution in [0.15, 0.2) is 29.1 Å². The molecule has 2 N–H and O–H groups in total. The number of hydrogen-bond acceptors (Lipinski definition) is 5.